The number of ether oxygens (including phenoxy) is 2. The molecule has 232 valence electrons. The maximum Gasteiger partial charge on any atom is 0.232 e. The van der Waals surface area contributed by atoms with Crippen molar-refractivity contribution in [1.29, 1.82) is 0 Å². The fourth-order valence-electron chi connectivity index (χ4n) is 4.97. The number of aryl methyl sites for hydroxylation is 1. The number of sulfonamides is 1. The van der Waals surface area contributed by atoms with E-state index in [0.29, 0.717) is 28.5 Å². The number of pyridine rings is 1. The highest BCUT2D eigenvalue weighted by atomic mass is 32.2. The van der Waals surface area contributed by atoms with Gasteiger partial charge in [0, 0.05) is 43.0 Å². The van der Waals surface area contributed by atoms with Crippen LogP contribution in [-0.4, -0.2) is 63.9 Å². The number of hydrogen-bond donors (Lipinski definition) is 1. The van der Waals surface area contributed by atoms with Crippen molar-refractivity contribution in [3.8, 4) is 17.4 Å². The van der Waals surface area contributed by atoms with Gasteiger partial charge in [0.15, 0.2) is 5.75 Å². The first-order chi connectivity index (χ1) is 20.7. The molecule has 13 heteroatoms. The minimum atomic E-state index is -3.80. The van der Waals surface area contributed by atoms with Crippen LogP contribution < -0.4 is 13.8 Å². The highest BCUT2D eigenvalue weighted by molar-refractivity contribution is 7.92. The Labute approximate surface area is 255 Å². The number of methoxy groups -OCH3 is 1. The zero-order chi connectivity index (χ0) is 31.8. The van der Waals surface area contributed by atoms with Crippen LogP contribution in [0.25, 0.3) is 21.7 Å². The topological polar surface area (TPSA) is 128 Å². The van der Waals surface area contributed by atoms with Gasteiger partial charge in [-0.2, -0.15) is 0 Å². The van der Waals surface area contributed by atoms with Crippen LogP contribution >= 0.6 is 0 Å². The third-order valence-corrected chi connectivity index (χ3v) is 9.43. The standard InChI is InChI=1S/C31H32FN3O7S2/c1-34(44(4,39)40)29-25-16-22(15-20-5-9-23(32)10-6-20)17-33-28(25)30(42-19-21-7-11-24(41-2)12-8-21)27-26(29)18-35(31(27)36)13-14-43(3,37)38/h5-12,16-18,36H,13-15,19H2,1-4H3. The first-order valence-electron chi connectivity index (χ1n) is 13.5. The second-order valence-electron chi connectivity index (χ2n) is 10.7. The molecule has 0 spiro atoms. The summed E-state index contributed by atoms with van der Waals surface area (Å²) in [5, 5.41) is 12.4. The summed E-state index contributed by atoms with van der Waals surface area (Å²) in [6.45, 7) is 0.0152. The van der Waals surface area contributed by atoms with Crippen LogP contribution in [0.15, 0.2) is 67.0 Å². The average Bonchev–Trinajstić information content (AvgIpc) is 3.30. The zero-order valence-electron chi connectivity index (χ0n) is 24.6. The third-order valence-electron chi connectivity index (χ3n) is 7.33. The Balaban J connectivity index is 1.75. The molecular weight excluding hydrogens is 609 g/mol. The average molecular weight is 642 g/mol. The number of aromatic nitrogens is 2. The van der Waals surface area contributed by atoms with Gasteiger partial charge < -0.3 is 19.1 Å². The van der Waals surface area contributed by atoms with Gasteiger partial charge in [-0.3, -0.25) is 9.29 Å². The van der Waals surface area contributed by atoms with Gasteiger partial charge >= 0.3 is 0 Å². The van der Waals surface area contributed by atoms with E-state index in [9.17, 15) is 26.3 Å². The molecule has 5 aromatic rings. The van der Waals surface area contributed by atoms with Gasteiger partial charge in [0.2, 0.25) is 15.9 Å². The van der Waals surface area contributed by atoms with E-state index < -0.39 is 19.9 Å². The van der Waals surface area contributed by atoms with Crippen LogP contribution in [0.5, 0.6) is 17.4 Å². The van der Waals surface area contributed by atoms with Crippen LogP contribution in [-0.2, 0) is 39.4 Å². The van der Waals surface area contributed by atoms with Gasteiger partial charge in [0.25, 0.3) is 0 Å². The van der Waals surface area contributed by atoms with E-state index in [1.54, 1.807) is 43.6 Å². The summed E-state index contributed by atoms with van der Waals surface area (Å²) in [7, 11) is -4.22. The summed E-state index contributed by atoms with van der Waals surface area (Å²) < 4.78 is 77.3. The molecule has 0 amide bonds. The molecule has 0 saturated carbocycles. The van der Waals surface area contributed by atoms with Crippen molar-refractivity contribution in [2.75, 3.05) is 36.7 Å². The lowest BCUT2D eigenvalue weighted by atomic mass is 10.0. The van der Waals surface area contributed by atoms with Crippen LogP contribution in [0.1, 0.15) is 16.7 Å². The summed E-state index contributed by atoms with van der Waals surface area (Å²) in [5.41, 5.74) is 2.90. The van der Waals surface area contributed by atoms with Gasteiger partial charge in [0.05, 0.1) is 30.2 Å². The van der Waals surface area contributed by atoms with E-state index in [0.717, 1.165) is 33.5 Å². The summed E-state index contributed by atoms with van der Waals surface area (Å²) in [5.74, 6) is -0.00845. The number of benzene rings is 3. The van der Waals surface area contributed by atoms with Gasteiger partial charge in [-0.25, -0.2) is 21.2 Å². The Bertz CT molecular complexity index is 2060. The molecule has 44 heavy (non-hydrogen) atoms. The number of rotatable bonds is 11. The molecule has 0 bridgehead atoms. The normalized spacial score (nSPS) is 12.1. The molecule has 0 fully saturated rings. The molecule has 1 N–H and O–H groups in total. The lowest BCUT2D eigenvalue weighted by Crippen LogP contribution is -2.25. The van der Waals surface area contributed by atoms with E-state index in [1.165, 1.54) is 29.9 Å². The minimum Gasteiger partial charge on any atom is -0.497 e. The largest absolute Gasteiger partial charge is 0.497 e. The lowest BCUT2D eigenvalue weighted by molar-refractivity contribution is 0.311. The first-order valence-corrected chi connectivity index (χ1v) is 17.4. The molecule has 0 radical (unpaired) electrons. The Morgan fingerprint density at radius 1 is 0.955 bits per heavy atom. The summed E-state index contributed by atoms with van der Waals surface area (Å²) >= 11 is 0. The van der Waals surface area contributed by atoms with Crippen molar-refractivity contribution < 1.29 is 35.8 Å². The monoisotopic (exact) mass is 641 g/mol. The molecule has 2 heterocycles. The second kappa shape index (κ2) is 12.0. The Kier molecular flexibility index (Phi) is 8.45. The maximum absolute atomic E-state index is 13.5. The van der Waals surface area contributed by atoms with Crippen molar-refractivity contribution >= 4 is 47.2 Å². The zero-order valence-corrected chi connectivity index (χ0v) is 26.2. The predicted octanol–water partition coefficient (Wildman–Crippen LogP) is 4.65. The number of hydrogen-bond acceptors (Lipinski definition) is 8. The van der Waals surface area contributed by atoms with Gasteiger partial charge in [-0.1, -0.05) is 24.3 Å². The fourth-order valence-corrected chi connectivity index (χ4v) is 6.03. The minimum absolute atomic E-state index is 0.0705. The lowest BCUT2D eigenvalue weighted by Gasteiger charge is -2.22. The van der Waals surface area contributed by atoms with E-state index in [2.05, 4.69) is 4.98 Å². The molecule has 0 aliphatic carbocycles. The van der Waals surface area contributed by atoms with Crippen LogP contribution in [0.4, 0.5) is 10.1 Å². The van der Waals surface area contributed by atoms with Crippen LogP contribution in [0.2, 0.25) is 0 Å². The predicted molar refractivity (Wildman–Crippen MR) is 168 cm³/mol. The second-order valence-corrected chi connectivity index (χ2v) is 14.9. The number of anilines is 1. The number of aromatic hydroxyl groups is 1. The maximum atomic E-state index is 13.5. The van der Waals surface area contributed by atoms with Crippen molar-refractivity contribution in [3.63, 3.8) is 0 Å². The van der Waals surface area contributed by atoms with Gasteiger partial charge in [-0.05, 0) is 53.4 Å². The number of nitrogens with zero attached hydrogens (tertiary/aromatic N) is 3. The van der Waals surface area contributed by atoms with E-state index in [-0.39, 0.29) is 47.4 Å². The number of halogens is 1. The molecule has 2 aromatic heterocycles. The first kappa shape index (κ1) is 31.1. The van der Waals surface area contributed by atoms with Crippen LogP contribution in [0, 0.1) is 5.82 Å². The highest BCUT2D eigenvalue weighted by Gasteiger charge is 2.27. The van der Waals surface area contributed by atoms with E-state index >= 15 is 0 Å². The Morgan fingerprint density at radius 2 is 1.61 bits per heavy atom. The summed E-state index contributed by atoms with van der Waals surface area (Å²) in [6.07, 6.45) is 5.71. The molecule has 0 aliphatic heterocycles. The van der Waals surface area contributed by atoms with E-state index in [1.807, 2.05) is 12.1 Å². The molecular formula is C31H32FN3O7S2. The van der Waals surface area contributed by atoms with Crippen molar-refractivity contribution in [2.24, 2.45) is 0 Å². The third kappa shape index (κ3) is 6.58. The summed E-state index contributed by atoms with van der Waals surface area (Å²) in [6, 6.07) is 15.1. The number of sulfone groups is 1. The van der Waals surface area contributed by atoms with Gasteiger partial charge in [-0.15, -0.1) is 0 Å². The molecule has 0 atom stereocenters. The number of fused-ring (bicyclic) bond motifs is 2. The smallest absolute Gasteiger partial charge is 0.232 e. The molecule has 5 rings (SSSR count). The molecule has 0 aliphatic rings. The quantitative estimate of drug-likeness (QED) is 0.221. The van der Waals surface area contributed by atoms with Crippen molar-refractivity contribution in [3.05, 3.63) is 89.5 Å². The fraction of sp³-hybridized carbons (Fsp3) is 0.258. The van der Waals surface area contributed by atoms with Crippen LogP contribution in [0.3, 0.4) is 0 Å². The molecule has 10 nitrogen and oxygen atoms in total. The highest BCUT2D eigenvalue weighted by Crippen LogP contribution is 2.47. The van der Waals surface area contributed by atoms with Crippen molar-refractivity contribution in [1.82, 2.24) is 9.55 Å². The molecule has 0 saturated heterocycles. The van der Waals surface area contributed by atoms with Crippen molar-refractivity contribution in [2.45, 2.75) is 19.6 Å². The summed E-state index contributed by atoms with van der Waals surface area (Å²) in [4.78, 5) is 4.69. The SMILES string of the molecule is COc1ccc(COc2c3ncc(Cc4ccc(F)cc4)cc3c(N(C)S(C)(=O)=O)c3cn(CCS(C)(=O)=O)c(O)c23)cc1. The molecule has 3 aromatic carbocycles. The Morgan fingerprint density at radius 3 is 2.23 bits per heavy atom. The van der Waals surface area contributed by atoms with E-state index in [4.69, 9.17) is 9.47 Å². The van der Waals surface area contributed by atoms with Gasteiger partial charge in [0.1, 0.15) is 33.5 Å². The Hall–Kier alpha value is -4.36. The molecule has 0 unspecified atom stereocenters.